The van der Waals surface area contributed by atoms with Crippen LogP contribution in [0.15, 0.2) is 29.2 Å². The van der Waals surface area contributed by atoms with Gasteiger partial charge in [-0.05, 0) is 18.6 Å². The summed E-state index contributed by atoms with van der Waals surface area (Å²) >= 11 is 0. The molecule has 0 saturated carbocycles. The molecule has 2 aromatic rings. The molecule has 3 heterocycles. The fourth-order valence-corrected chi connectivity index (χ4v) is 3.06. The summed E-state index contributed by atoms with van der Waals surface area (Å²) in [5, 5.41) is 4.25. The van der Waals surface area contributed by atoms with Gasteiger partial charge < -0.3 is 14.4 Å². The topological polar surface area (TPSA) is 78.1 Å². The van der Waals surface area contributed by atoms with Crippen LogP contribution in [0.3, 0.4) is 0 Å². The molecule has 0 spiro atoms. The Balaban J connectivity index is 1.48. The van der Waals surface area contributed by atoms with E-state index in [-0.39, 0.29) is 18.0 Å². The number of hydrogen-bond donors (Lipinski definition) is 0. The lowest BCUT2D eigenvalue weighted by Crippen LogP contribution is -2.31. The summed E-state index contributed by atoms with van der Waals surface area (Å²) < 4.78 is 13.3. The molecule has 0 aliphatic carbocycles. The molecule has 0 aromatic carbocycles. The van der Waals surface area contributed by atoms with Crippen molar-refractivity contribution in [1.82, 2.24) is 19.1 Å². The minimum Gasteiger partial charge on any atom is -0.382 e. The van der Waals surface area contributed by atoms with Crippen LogP contribution in [0.25, 0.3) is 5.65 Å². The number of nitrogens with zero attached hydrogens (tertiary/aromatic N) is 4. The molecule has 8 heteroatoms. The second-order valence-electron chi connectivity index (χ2n) is 6.25. The summed E-state index contributed by atoms with van der Waals surface area (Å²) in [7, 11) is 1.65. The lowest BCUT2D eigenvalue weighted by molar-refractivity contribution is -0.130. The molecule has 1 fully saturated rings. The Labute approximate surface area is 145 Å². The van der Waals surface area contributed by atoms with Crippen molar-refractivity contribution in [3.63, 3.8) is 0 Å². The van der Waals surface area contributed by atoms with E-state index in [1.54, 1.807) is 25.4 Å². The normalized spacial score (nSPS) is 17.5. The van der Waals surface area contributed by atoms with E-state index in [9.17, 15) is 9.59 Å². The standard InChI is InChI=1S/C17H24N4O4/c1-24-10-11-25-13-14-5-8-19(12-14)16(22)6-9-21-17(23)20-7-3-2-4-15(20)18-21/h2-4,7,14H,5-6,8-13H2,1H3. The van der Waals surface area contributed by atoms with Crippen LogP contribution in [0.1, 0.15) is 12.8 Å². The first-order valence-electron chi connectivity index (χ1n) is 8.57. The summed E-state index contributed by atoms with van der Waals surface area (Å²) in [5.74, 6) is 0.432. The second-order valence-corrected chi connectivity index (χ2v) is 6.25. The summed E-state index contributed by atoms with van der Waals surface area (Å²) in [6, 6.07) is 5.38. The van der Waals surface area contributed by atoms with Crippen molar-refractivity contribution < 1.29 is 14.3 Å². The molecular formula is C17H24N4O4. The van der Waals surface area contributed by atoms with Crippen LogP contribution in [-0.2, 0) is 20.8 Å². The third kappa shape index (κ3) is 4.26. The number of hydrogen-bond acceptors (Lipinski definition) is 5. The van der Waals surface area contributed by atoms with Gasteiger partial charge in [-0.3, -0.25) is 9.20 Å². The van der Waals surface area contributed by atoms with Crippen LogP contribution in [-0.4, -0.2) is 65.0 Å². The Bertz CT molecular complexity index is 769. The number of pyridine rings is 1. The van der Waals surface area contributed by atoms with E-state index in [0.29, 0.717) is 44.5 Å². The average Bonchev–Trinajstić information content (AvgIpc) is 3.22. The third-order valence-corrected chi connectivity index (χ3v) is 4.45. The highest BCUT2D eigenvalue weighted by Gasteiger charge is 2.26. The molecule has 1 unspecified atom stereocenters. The van der Waals surface area contributed by atoms with Crippen molar-refractivity contribution in [2.75, 3.05) is 40.0 Å². The smallest absolute Gasteiger partial charge is 0.350 e. The first kappa shape index (κ1) is 17.6. The molecule has 8 nitrogen and oxygen atoms in total. The highest BCUT2D eigenvalue weighted by atomic mass is 16.5. The van der Waals surface area contributed by atoms with Crippen molar-refractivity contribution in [1.29, 1.82) is 0 Å². The molecule has 2 aromatic heterocycles. The Kier molecular flexibility index (Phi) is 5.83. The van der Waals surface area contributed by atoms with Crippen molar-refractivity contribution in [3.05, 3.63) is 34.9 Å². The minimum atomic E-state index is -0.214. The molecular weight excluding hydrogens is 324 g/mol. The molecule has 0 N–H and O–H groups in total. The highest BCUT2D eigenvalue weighted by molar-refractivity contribution is 5.76. The number of aryl methyl sites for hydroxylation is 1. The van der Waals surface area contributed by atoms with Crippen molar-refractivity contribution >= 4 is 11.6 Å². The highest BCUT2D eigenvalue weighted by Crippen LogP contribution is 2.17. The number of rotatable bonds is 8. The number of methoxy groups -OCH3 is 1. The van der Waals surface area contributed by atoms with Crippen LogP contribution in [0.2, 0.25) is 0 Å². The lowest BCUT2D eigenvalue weighted by Gasteiger charge is -2.16. The maximum absolute atomic E-state index is 12.4. The number of likely N-dealkylation sites (tertiary alicyclic amines) is 1. The van der Waals surface area contributed by atoms with Gasteiger partial charge in [-0.15, -0.1) is 5.10 Å². The largest absolute Gasteiger partial charge is 0.382 e. The molecule has 1 amide bonds. The first-order valence-corrected chi connectivity index (χ1v) is 8.57. The van der Waals surface area contributed by atoms with E-state index >= 15 is 0 Å². The van der Waals surface area contributed by atoms with Crippen molar-refractivity contribution in [2.24, 2.45) is 5.92 Å². The van der Waals surface area contributed by atoms with Gasteiger partial charge >= 0.3 is 5.69 Å². The first-order chi connectivity index (χ1) is 12.2. The van der Waals surface area contributed by atoms with E-state index in [2.05, 4.69) is 5.10 Å². The molecule has 0 bridgehead atoms. The van der Waals surface area contributed by atoms with Crippen LogP contribution in [0, 0.1) is 5.92 Å². The van der Waals surface area contributed by atoms with Gasteiger partial charge in [-0.1, -0.05) is 6.07 Å². The van der Waals surface area contributed by atoms with E-state index in [1.807, 2.05) is 11.0 Å². The fraction of sp³-hybridized carbons (Fsp3) is 0.588. The van der Waals surface area contributed by atoms with Crippen molar-refractivity contribution in [3.8, 4) is 0 Å². The molecule has 1 aliphatic heterocycles. The zero-order valence-corrected chi connectivity index (χ0v) is 14.5. The van der Waals surface area contributed by atoms with Crippen LogP contribution in [0.4, 0.5) is 0 Å². The number of carbonyl (C=O) groups excluding carboxylic acids is 1. The van der Waals surface area contributed by atoms with Gasteiger partial charge in [-0.25, -0.2) is 9.48 Å². The van der Waals surface area contributed by atoms with Crippen LogP contribution < -0.4 is 5.69 Å². The average molecular weight is 348 g/mol. The monoisotopic (exact) mass is 348 g/mol. The molecule has 1 aliphatic rings. The number of carbonyl (C=O) groups is 1. The molecule has 3 rings (SSSR count). The predicted molar refractivity (Wildman–Crippen MR) is 91.5 cm³/mol. The molecule has 1 atom stereocenters. The van der Waals surface area contributed by atoms with Gasteiger partial charge in [0.15, 0.2) is 5.65 Å². The maximum atomic E-state index is 12.4. The van der Waals surface area contributed by atoms with E-state index < -0.39 is 0 Å². The molecule has 1 saturated heterocycles. The van der Waals surface area contributed by atoms with E-state index in [1.165, 1.54) is 9.08 Å². The summed E-state index contributed by atoms with van der Waals surface area (Å²) in [6.45, 7) is 3.58. The molecule has 136 valence electrons. The maximum Gasteiger partial charge on any atom is 0.350 e. The summed E-state index contributed by atoms with van der Waals surface area (Å²) in [5.41, 5.74) is 0.378. The SMILES string of the molecule is COCCOCC1CCN(C(=O)CCn2nc3ccccn3c2=O)C1. The van der Waals surface area contributed by atoms with Crippen molar-refractivity contribution in [2.45, 2.75) is 19.4 Å². The minimum absolute atomic E-state index is 0.0587. The molecule has 25 heavy (non-hydrogen) atoms. The Hall–Kier alpha value is -2.19. The quantitative estimate of drug-likeness (QED) is 0.645. The third-order valence-electron chi connectivity index (χ3n) is 4.45. The summed E-state index contributed by atoms with van der Waals surface area (Å²) in [4.78, 5) is 26.4. The van der Waals surface area contributed by atoms with Gasteiger partial charge in [0.05, 0.1) is 26.4 Å². The number of ether oxygens (including phenoxy) is 2. The zero-order valence-electron chi connectivity index (χ0n) is 14.5. The van der Waals surface area contributed by atoms with Gasteiger partial charge in [0.1, 0.15) is 0 Å². The summed E-state index contributed by atoms with van der Waals surface area (Å²) in [6.07, 6.45) is 2.91. The molecule has 0 radical (unpaired) electrons. The van der Waals surface area contributed by atoms with Gasteiger partial charge in [0.2, 0.25) is 5.91 Å². The Morgan fingerprint density at radius 3 is 3.04 bits per heavy atom. The van der Waals surface area contributed by atoms with Gasteiger partial charge in [-0.2, -0.15) is 0 Å². The predicted octanol–water partition coefficient (Wildman–Crippen LogP) is 0.398. The Morgan fingerprint density at radius 2 is 2.24 bits per heavy atom. The van der Waals surface area contributed by atoms with Gasteiger partial charge in [0, 0.05) is 38.7 Å². The number of aromatic nitrogens is 3. The second kappa shape index (κ2) is 8.26. The van der Waals surface area contributed by atoms with E-state index in [0.717, 1.165) is 13.0 Å². The number of fused-ring (bicyclic) bond motifs is 1. The van der Waals surface area contributed by atoms with Crippen LogP contribution >= 0.6 is 0 Å². The van der Waals surface area contributed by atoms with Crippen LogP contribution in [0.5, 0.6) is 0 Å². The Morgan fingerprint density at radius 1 is 1.36 bits per heavy atom. The zero-order chi connectivity index (χ0) is 17.6. The fourth-order valence-electron chi connectivity index (χ4n) is 3.06. The number of amides is 1. The van der Waals surface area contributed by atoms with E-state index in [4.69, 9.17) is 9.47 Å². The lowest BCUT2D eigenvalue weighted by atomic mass is 10.1. The van der Waals surface area contributed by atoms with Gasteiger partial charge in [0.25, 0.3) is 0 Å².